The summed E-state index contributed by atoms with van der Waals surface area (Å²) in [7, 11) is -5.20. The number of aromatic nitrogens is 4. The third-order valence-corrected chi connectivity index (χ3v) is 10.0. The molecule has 0 aromatic carbocycles. The van der Waals surface area contributed by atoms with E-state index in [1.807, 2.05) is 0 Å². The van der Waals surface area contributed by atoms with Crippen LogP contribution in [0.4, 0.5) is 5.82 Å². The molecule has 1 amide bonds. The molecule has 3 aliphatic heterocycles. The predicted molar refractivity (Wildman–Crippen MR) is 151 cm³/mol. The highest BCUT2D eigenvalue weighted by Crippen LogP contribution is 2.61. The average Bonchev–Trinajstić information content (AvgIpc) is 3.64. The fourth-order valence-corrected chi connectivity index (χ4v) is 7.28. The van der Waals surface area contributed by atoms with E-state index in [9.17, 15) is 39.6 Å². The maximum Gasteiger partial charge on any atom is 0.479 e. The number of aliphatic hydroxyl groups is 4. The molecule has 2 aromatic heterocycles. The molecule has 0 bridgehead atoms. The van der Waals surface area contributed by atoms with Gasteiger partial charge < -0.3 is 56.1 Å². The Morgan fingerprint density at radius 1 is 1.04 bits per heavy atom. The number of ether oxygens (including phenoxy) is 2. The third-order valence-electron chi connectivity index (χ3n) is 6.88. The van der Waals surface area contributed by atoms with Gasteiger partial charge >= 0.3 is 14.5 Å². The number of carbonyl (C=O) groups is 1. The number of primary amides is 1. The first-order valence-electron chi connectivity index (χ1n) is 13.1. The SMILES string of the molecule is NC(=O)C1=CN([C@@H]2O[C@@H](COP(=O)(O)OP(O)(=S)OOOC[C@@H]3O[C@@H](n4cnc5c(N)ncnc54)[C@H](O)[C@@H]3O)[C@@H](O)[C@H]2O)C=CC1. The van der Waals surface area contributed by atoms with Crippen LogP contribution in [0, 0.1) is 0 Å². The first kappa shape index (κ1) is 34.8. The highest BCUT2D eigenvalue weighted by molar-refractivity contribution is 8.08. The number of nitrogens with two attached hydrogens (primary N) is 2. The molecule has 2 aromatic rings. The topological polar surface area (TPSA) is 319 Å². The zero-order chi connectivity index (χ0) is 33.4. The van der Waals surface area contributed by atoms with Gasteiger partial charge in [0.1, 0.15) is 55.1 Å². The van der Waals surface area contributed by atoms with Gasteiger partial charge in [0.25, 0.3) is 0 Å². The van der Waals surface area contributed by atoms with E-state index in [2.05, 4.69) is 40.8 Å². The maximum absolute atomic E-state index is 12.4. The summed E-state index contributed by atoms with van der Waals surface area (Å²) < 4.78 is 38.5. The van der Waals surface area contributed by atoms with Crippen LogP contribution in [0.25, 0.3) is 11.2 Å². The maximum atomic E-state index is 12.4. The number of amides is 1. The lowest BCUT2D eigenvalue weighted by Crippen LogP contribution is -2.40. The van der Waals surface area contributed by atoms with Crippen LogP contribution < -0.4 is 11.5 Å². The van der Waals surface area contributed by atoms with Crippen molar-refractivity contribution in [1.82, 2.24) is 24.4 Å². The molecule has 0 saturated carbocycles. The van der Waals surface area contributed by atoms with Crippen molar-refractivity contribution in [3.05, 3.63) is 36.7 Å². The highest BCUT2D eigenvalue weighted by atomic mass is 32.5. The number of hydrogen-bond donors (Lipinski definition) is 8. The first-order valence-corrected chi connectivity index (χ1v) is 17.2. The molecule has 10 atom stereocenters. The van der Waals surface area contributed by atoms with E-state index in [-0.39, 0.29) is 29.0 Å². The number of nitrogen functional groups attached to an aromatic ring is 1. The van der Waals surface area contributed by atoms with E-state index >= 15 is 0 Å². The van der Waals surface area contributed by atoms with E-state index in [1.165, 1.54) is 34.5 Å². The summed E-state index contributed by atoms with van der Waals surface area (Å²) in [6, 6.07) is 0. The Labute approximate surface area is 263 Å². The highest BCUT2D eigenvalue weighted by Gasteiger charge is 2.47. The smallest absolute Gasteiger partial charge is 0.387 e. The van der Waals surface area contributed by atoms with Crippen molar-refractivity contribution in [2.24, 2.45) is 5.73 Å². The molecular weight excluding hydrogens is 684 g/mol. The van der Waals surface area contributed by atoms with Crippen molar-refractivity contribution in [2.45, 2.75) is 55.5 Å². The molecule has 3 aliphatic rings. The van der Waals surface area contributed by atoms with Crippen molar-refractivity contribution in [3.63, 3.8) is 0 Å². The number of hydrogen-bond acceptors (Lipinski definition) is 19. The van der Waals surface area contributed by atoms with Gasteiger partial charge in [0.15, 0.2) is 23.9 Å². The number of allylic oxidation sites excluding steroid dienone is 1. The lowest BCUT2D eigenvalue weighted by molar-refractivity contribution is -0.474. The van der Waals surface area contributed by atoms with Crippen molar-refractivity contribution >= 4 is 49.2 Å². The summed E-state index contributed by atoms with van der Waals surface area (Å²) in [5.41, 5.74) is 11.7. The number of imidazole rings is 1. The largest absolute Gasteiger partial charge is 0.479 e. The summed E-state index contributed by atoms with van der Waals surface area (Å²) in [5, 5.41) is 45.9. The summed E-state index contributed by atoms with van der Waals surface area (Å²) in [6.45, 7) is -6.13. The van der Waals surface area contributed by atoms with Crippen LogP contribution in [0.2, 0.25) is 0 Å². The van der Waals surface area contributed by atoms with Crippen molar-refractivity contribution in [3.8, 4) is 0 Å². The Bertz CT molecular complexity index is 1600. The zero-order valence-electron chi connectivity index (χ0n) is 23.2. The van der Waals surface area contributed by atoms with Crippen LogP contribution in [-0.2, 0) is 54.1 Å². The second kappa shape index (κ2) is 13.9. The van der Waals surface area contributed by atoms with E-state index in [0.29, 0.717) is 0 Å². The van der Waals surface area contributed by atoms with Gasteiger partial charge in [-0.15, -0.1) is 4.67 Å². The molecule has 2 saturated heterocycles. The van der Waals surface area contributed by atoms with E-state index < -0.39 is 82.7 Å². The molecule has 10 N–H and O–H groups in total. The molecule has 254 valence electrons. The van der Waals surface area contributed by atoms with Crippen molar-refractivity contribution in [1.29, 1.82) is 0 Å². The lowest BCUT2D eigenvalue weighted by atomic mass is 10.1. The number of rotatable bonds is 13. The Morgan fingerprint density at radius 3 is 2.43 bits per heavy atom. The molecular formula is C21H29N7O15P2S. The zero-order valence-corrected chi connectivity index (χ0v) is 25.8. The number of phosphoric ester groups is 1. The number of carbonyl (C=O) groups excluding carboxylic acids is 1. The second-order valence-corrected chi connectivity index (χ2v) is 14.3. The number of anilines is 1. The van der Waals surface area contributed by atoms with Gasteiger partial charge in [-0.25, -0.2) is 28.7 Å². The Kier molecular flexibility index (Phi) is 10.5. The molecule has 25 heteroatoms. The van der Waals surface area contributed by atoms with Gasteiger partial charge in [-0.05, 0) is 18.2 Å². The molecule has 5 rings (SSSR count). The molecule has 0 spiro atoms. The average molecular weight is 714 g/mol. The van der Waals surface area contributed by atoms with Gasteiger partial charge in [0.2, 0.25) is 5.91 Å². The van der Waals surface area contributed by atoms with E-state index in [1.54, 1.807) is 6.08 Å². The van der Waals surface area contributed by atoms with Crippen LogP contribution in [0.3, 0.4) is 0 Å². The lowest BCUT2D eigenvalue weighted by Gasteiger charge is -2.28. The normalized spacial score (nSPS) is 32.4. The number of aliphatic hydroxyl groups excluding tert-OH is 4. The summed E-state index contributed by atoms with van der Waals surface area (Å²) in [4.78, 5) is 49.5. The molecule has 0 radical (unpaired) electrons. The molecule has 22 nitrogen and oxygen atoms in total. The minimum atomic E-state index is -5.20. The minimum absolute atomic E-state index is 0.0865. The summed E-state index contributed by atoms with van der Waals surface area (Å²) in [6.07, 6.45) is -4.05. The quantitative estimate of drug-likeness (QED) is 0.0453. The fourth-order valence-electron chi connectivity index (χ4n) is 4.66. The molecule has 2 fully saturated rings. The van der Waals surface area contributed by atoms with Crippen LogP contribution in [0.1, 0.15) is 12.6 Å². The molecule has 2 unspecified atom stereocenters. The standard InChI is InChI=1S/C21H29N7O15P2S/c22-17-12-19(25-7-24-17)28(8-26-12)21-16(32)13(29)10(40-21)5-37-41-42-45(36,46)43-44(34,35)38-6-11-14(30)15(31)20(39-11)27-3-1-2-9(4-27)18(23)33/h1,3-4,7-8,10-11,13-16,20-21,29-32H,2,5-6H2,(H2,23,33)(H,34,35)(H,36,46)(H2,22,24,25)/t10-,11-,13+,14+,15+,16+,20+,21+,45?/m0/s1. The van der Waals surface area contributed by atoms with Gasteiger partial charge in [0, 0.05) is 18.0 Å². The molecule has 46 heavy (non-hydrogen) atoms. The second-order valence-electron chi connectivity index (χ2n) is 9.97. The van der Waals surface area contributed by atoms with E-state index in [0.717, 1.165) is 0 Å². The number of phosphoric acid groups is 1. The third kappa shape index (κ3) is 7.61. The van der Waals surface area contributed by atoms with Gasteiger partial charge in [-0.2, -0.15) is 0 Å². The minimum Gasteiger partial charge on any atom is -0.387 e. The number of fused-ring (bicyclic) bond motifs is 1. The Morgan fingerprint density at radius 2 is 1.72 bits per heavy atom. The Hall–Kier alpha value is -2.54. The molecule has 5 heterocycles. The monoisotopic (exact) mass is 713 g/mol. The fraction of sp³-hybridized carbons (Fsp3) is 0.524. The first-order chi connectivity index (χ1) is 21.7. The van der Waals surface area contributed by atoms with Gasteiger partial charge in [0.05, 0.1) is 12.9 Å². The van der Waals surface area contributed by atoms with E-state index in [4.69, 9.17) is 30.4 Å². The Balaban J connectivity index is 1.08. The van der Waals surface area contributed by atoms with Crippen LogP contribution >= 0.6 is 14.5 Å². The van der Waals surface area contributed by atoms with Crippen molar-refractivity contribution in [2.75, 3.05) is 18.9 Å². The molecule has 0 aliphatic carbocycles. The summed E-state index contributed by atoms with van der Waals surface area (Å²) >= 11 is 4.61. The van der Waals surface area contributed by atoms with Crippen LogP contribution in [0.5, 0.6) is 0 Å². The van der Waals surface area contributed by atoms with Crippen LogP contribution in [0.15, 0.2) is 36.7 Å². The van der Waals surface area contributed by atoms with Gasteiger partial charge in [-0.1, -0.05) is 11.1 Å². The number of nitrogens with zero attached hydrogens (tertiary/aromatic N) is 5. The van der Waals surface area contributed by atoms with Crippen LogP contribution in [-0.4, -0.2) is 117 Å². The summed E-state index contributed by atoms with van der Waals surface area (Å²) in [5.74, 6) is -0.612. The van der Waals surface area contributed by atoms with Crippen molar-refractivity contribution < 1.29 is 72.5 Å². The predicted octanol–water partition coefficient (Wildman–Crippen LogP) is -2.71. The van der Waals surface area contributed by atoms with Gasteiger partial charge in [-0.3, -0.25) is 13.9 Å².